The van der Waals surface area contributed by atoms with E-state index < -0.39 is 12.1 Å². The molecule has 4 rings (SSSR count). The van der Waals surface area contributed by atoms with E-state index in [1.54, 1.807) is 20.4 Å². The molecule has 7 heteroatoms. The second-order valence-electron chi connectivity index (χ2n) is 9.85. The van der Waals surface area contributed by atoms with Crippen LogP contribution >= 0.6 is 0 Å². The number of carbonyl (C=O) groups is 1. The van der Waals surface area contributed by atoms with E-state index in [4.69, 9.17) is 9.47 Å². The van der Waals surface area contributed by atoms with Crippen LogP contribution in [0.15, 0.2) is 54.7 Å². The predicted molar refractivity (Wildman–Crippen MR) is 147 cm³/mol. The molecule has 0 unspecified atom stereocenters. The van der Waals surface area contributed by atoms with Crippen LogP contribution in [0, 0.1) is 23.7 Å². The van der Waals surface area contributed by atoms with Crippen LogP contribution in [0.5, 0.6) is 11.5 Å². The number of nitrogens with zero attached hydrogens (tertiary/aromatic N) is 2. The second kappa shape index (κ2) is 13.3. The molecule has 0 amide bonds. The van der Waals surface area contributed by atoms with E-state index in [1.807, 2.05) is 48.5 Å². The van der Waals surface area contributed by atoms with Gasteiger partial charge in [0.2, 0.25) is 0 Å². The first-order valence-electron chi connectivity index (χ1n) is 13.1. The third-order valence-electron chi connectivity index (χ3n) is 7.49. The fourth-order valence-corrected chi connectivity index (χ4v) is 5.40. The van der Waals surface area contributed by atoms with Gasteiger partial charge in [-0.1, -0.05) is 24.0 Å². The maximum absolute atomic E-state index is 11.3. The zero-order chi connectivity index (χ0) is 26.9. The number of carboxylic acid groups (broad SMARTS) is 1. The summed E-state index contributed by atoms with van der Waals surface area (Å²) >= 11 is 0. The van der Waals surface area contributed by atoms with Crippen molar-refractivity contribution in [2.24, 2.45) is 11.8 Å². The number of aromatic nitrogens is 1. The van der Waals surface area contributed by atoms with Crippen LogP contribution in [0.1, 0.15) is 49.3 Å². The highest BCUT2D eigenvalue weighted by molar-refractivity contribution is 5.83. The van der Waals surface area contributed by atoms with Crippen molar-refractivity contribution in [3.05, 3.63) is 65.9 Å². The summed E-state index contributed by atoms with van der Waals surface area (Å²) in [6.07, 6.45) is 4.28. The Balaban J connectivity index is 1.40. The van der Waals surface area contributed by atoms with Crippen LogP contribution in [0.3, 0.4) is 0 Å². The predicted octanol–water partition coefficient (Wildman–Crippen LogP) is 4.92. The van der Waals surface area contributed by atoms with Crippen LogP contribution in [-0.2, 0) is 4.79 Å². The van der Waals surface area contributed by atoms with Gasteiger partial charge in [0, 0.05) is 24.5 Å². The fourth-order valence-electron chi connectivity index (χ4n) is 5.40. The Kier molecular flexibility index (Phi) is 9.58. The van der Waals surface area contributed by atoms with Gasteiger partial charge in [-0.05, 0) is 86.0 Å². The monoisotopic (exact) mass is 516 g/mol. The Hall–Kier alpha value is -3.60. The summed E-state index contributed by atoms with van der Waals surface area (Å²) in [4.78, 5) is 18.1. The zero-order valence-corrected chi connectivity index (χ0v) is 22.1. The van der Waals surface area contributed by atoms with Gasteiger partial charge in [-0.15, -0.1) is 0 Å². The number of methoxy groups -OCH3 is 2. The van der Waals surface area contributed by atoms with E-state index in [-0.39, 0.29) is 12.3 Å². The average molecular weight is 517 g/mol. The third kappa shape index (κ3) is 7.03. The molecule has 0 spiro atoms. The lowest BCUT2D eigenvalue weighted by Crippen LogP contribution is -2.41. The highest BCUT2D eigenvalue weighted by Crippen LogP contribution is 2.35. The molecule has 2 heterocycles. The molecule has 2 aromatic carbocycles. The molecule has 1 fully saturated rings. The number of rotatable bonds is 10. The molecular weight excluding hydrogens is 480 g/mol. The molecule has 1 aliphatic rings. The summed E-state index contributed by atoms with van der Waals surface area (Å²) in [6, 6.07) is 15.3. The molecule has 0 saturated carbocycles. The number of aliphatic hydroxyl groups is 1. The largest absolute Gasteiger partial charge is 0.497 e. The first-order chi connectivity index (χ1) is 18.5. The summed E-state index contributed by atoms with van der Waals surface area (Å²) in [6.45, 7) is 2.34. The Morgan fingerprint density at radius 2 is 1.97 bits per heavy atom. The molecule has 0 radical (unpaired) electrons. The number of carboxylic acids is 1. The number of likely N-dealkylation sites (tertiary alicyclic amines) is 1. The van der Waals surface area contributed by atoms with Crippen molar-refractivity contribution in [2.75, 3.05) is 33.9 Å². The lowest BCUT2D eigenvalue weighted by atomic mass is 9.79. The van der Waals surface area contributed by atoms with E-state index in [0.717, 1.165) is 59.5 Å². The average Bonchev–Trinajstić information content (AvgIpc) is 2.94. The normalized spacial score (nSPS) is 18.4. The summed E-state index contributed by atoms with van der Waals surface area (Å²) in [5, 5.41) is 21.3. The van der Waals surface area contributed by atoms with Gasteiger partial charge in [-0.2, -0.15) is 0 Å². The minimum Gasteiger partial charge on any atom is -0.497 e. The highest BCUT2D eigenvalue weighted by atomic mass is 16.5. The van der Waals surface area contributed by atoms with Crippen molar-refractivity contribution in [2.45, 2.75) is 38.2 Å². The Morgan fingerprint density at radius 3 is 2.76 bits per heavy atom. The highest BCUT2D eigenvalue weighted by Gasteiger charge is 2.30. The maximum atomic E-state index is 11.3. The van der Waals surface area contributed by atoms with E-state index in [2.05, 4.69) is 21.7 Å². The van der Waals surface area contributed by atoms with Gasteiger partial charge < -0.3 is 19.7 Å². The van der Waals surface area contributed by atoms with Crippen molar-refractivity contribution in [1.82, 2.24) is 9.88 Å². The first-order valence-corrected chi connectivity index (χ1v) is 13.1. The lowest BCUT2D eigenvalue weighted by Gasteiger charge is -2.38. The van der Waals surface area contributed by atoms with E-state index in [0.29, 0.717) is 25.3 Å². The molecule has 0 aliphatic carbocycles. The van der Waals surface area contributed by atoms with E-state index >= 15 is 0 Å². The molecule has 2 N–H and O–H groups in total. The van der Waals surface area contributed by atoms with Gasteiger partial charge in [0.25, 0.3) is 0 Å². The Bertz CT molecular complexity index is 1300. The van der Waals surface area contributed by atoms with Gasteiger partial charge in [0.15, 0.2) is 0 Å². The minimum absolute atomic E-state index is 0.152. The minimum atomic E-state index is -0.769. The van der Waals surface area contributed by atoms with Crippen molar-refractivity contribution >= 4 is 16.9 Å². The third-order valence-corrected chi connectivity index (χ3v) is 7.49. The number of benzene rings is 2. The van der Waals surface area contributed by atoms with Gasteiger partial charge in [-0.3, -0.25) is 14.7 Å². The molecular formula is C31H36N2O5. The summed E-state index contributed by atoms with van der Waals surface area (Å²) in [5.74, 6) is 7.80. The zero-order valence-electron chi connectivity index (χ0n) is 22.1. The van der Waals surface area contributed by atoms with Crippen LogP contribution < -0.4 is 9.47 Å². The quantitative estimate of drug-likeness (QED) is 0.370. The Labute approximate surface area is 224 Å². The number of hydrogen-bond donors (Lipinski definition) is 2. The van der Waals surface area contributed by atoms with Gasteiger partial charge in [0.05, 0.1) is 37.9 Å². The molecule has 200 valence electrons. The number of para-hydroxylation sites is 1. The number of hydrogen-bond acceptors (Lipinski definition) is 6. The molecule has 3 aromatic rings. The van der Waals surface area contributed by atoms with Crippen molar-refractivity contribution in [1.29, 1.82) is 0 Å². The number of ether oxygens (including phenoxy) is 2. The van der Waals surface area contributed by atoms with Gasteiger partial charge >= 0.3 is 5.97 Å². The molecule has 1 aromatic heterocycles. The maximum Gasteiger partial charge on any atom is 0.303 e. The molecule has 1 saturated heterocycles. The second-order valence-corrected chi connectivity index (χ2v) is 9.85. The van der Waals surface area contributed by atoms with Crippen LogP contribution in [0.25, 0.3) is 10.9 Å². The summed E-state index contributed by atoms with van der Waals surface area (Å²) < 4.78 is 10.8. The fraction of sp³-hybridized carbons (Fsp3) is 0.419. The number of piperidine rings is 1. The van der Waals surface area contributed by atoms with Crippen LogP contribution in [0.2, 0.25) is 0 Å². The van der Waals surface area contributed by atoms with E-state index in [1.165, 1.54) is 0 Å². The SMILES string of the molecule is COc1ccc2nccc([C@H](O)CC[C@@H]3CCN(CC#Cc4ccccc4OC)C[C@H]3CCC(=O)O)c2c1. The van der Waals surface area contributed by atoms with Gasteiger partial charge in [0.1, 0.15) is 11.5 Å². The lowest BCUT2D eigenvalue weighted by molar-refractivity contribution is -0.137. The van der Waals surface area contributed by atoms with E-state index in [9.17, 15) is 15.0 Å². The summed E-state index contributed by atoms with van der Waals surface area (Å²) in [7, 11) is 3.27. The van der Waals surface area contributed by atoms with Crippen molar-refractivity contribution in [3.8, 4) is 23.3 Å². The molecule has 0 bridgehead atoms. The summed E-state index contributed by atoms with van der Waals surface area (Å²) in [5.41, 5.74) is 2.53. The van der Waals surface area contributed by atoms with Crippen LogP contribution in [-0.4, -0.2) is 59.9 Å². The Morgan fingerprint density at radius 1 is 1.13 bits per heavy atom. The molecule has 38 heavy (non-hydrogen) atoms. The molecule has 7 nitrogen and oxygen atoms in total. The smallest absolute Gasteiger partial charge is 0.303 e. The molecule has 1 aliphatic heterocycles. The number of aliphatic carboxylic acids is 1. The number of fused-ring (bicyclic) bond motifs is 1. The number of pyridine rings is 1. The first kappa shape index (κ1) is 27.4. The van der Waals surface area contributed by atoms with Crippen LogP contribution in [0.4, 0.5) is 0 Å². The topological polar surface area (TPSA) is 92.1 Å². The van der Waals surface area contributed by atoms with Gasteiger partial charge in [-0.25, -0.2) is 0 Å². The van der Waals surface area contributed by atoms with Crippen molar-refractivity contribution in [3.63, 3.8) is 0 Å². The standard InChI is InChI=1S/C31H36N2O5/c1-37-25-11-12-28-27(20-25)26(15-17-32-28)29(34)13-9-22-16-19-33(21-24(22)10-14-31(35)36)18-5-7-23-6-3-4-8-30(23)38-2/h3-4,6,8,11-12,15,17,20,22,24,29,34H,9-10,13-14,16,18-19,21H2,1-2H3,(H,35,36)/t22-,24-,29-/m1/s1. The van der Waals surface area contributed by atoms with Crippen molar-refractivity contribution < 1.29 is 24.5 Å². The molecule has 3 atom stereocenters. The number of aliphatic hydroxyl groups excluding tert-OH is 1.